The van der Waals surface area contributed by atoms with Gasteiger partial charge in [-0.25, -0.2) is 0 Å². The summed E-state index contributed by atoms with van der Waals surface area (Å²) in [4.78, 5) is 2.51. The Labute approximate surface area is 94.2 Å². The fourth-order valence-corrected chi connectivity index (χ4v) is 4.53. The van der Waals surface area contributed by atoms with Gasteiger partial charge in [-0.05, 0) is 81.8 Å². The molecule has 2 unspecified atom stereocenters. The maximum Gasteiger partial charge on any atom is -0.00165 e. The van der Waals surface area contributed by atoms with Crippen LogP contribution < -0.4 is 0 Å². The Morgan fingerprint density at radius 2 is 1.87 bits per heavy atom. The second-order valence-electron chi connectivity index (χ2n) is 6.68. The van der Waals surface area contributed by atoms with Gasteiger partial charge in [0.25, 0.3) is 0 Å². The monoisotopic (exact) mass is 207 g/mol. The predicted octanol–water partition coefficient (Wildman–Crippen LogP) is 3.15. The third-order valence-corrected chi connectivity index (χ3v) is 5.76. The highest BCUT2D eigenvalue weighted by Crippen LogP contribution is 2.57. The molecule has 0 aromatic carbocycles. The number of hydrogen-bond acceptors (Lipinski definition) is 1. The minimum atomic E-state index is 0.786. The van der Waals surface area contributed by atoms with Crippen LogP contribution >= 0.6 is 0 Å². The number of nitrogens with zero attached hydrogens (tertiary/aromatic N) is 1. The summed E-state index contributed by atoms with van der Waals surface area (Å²) >= 11 is 0. The molecule has 0 aromatic rings. The van der Waals surface area contributed by atoms with Gasteiger partial charge in [0.1, 0.15) is 0 Å². The van der Waals surface area contributed by atoms with Crippen molar-refractivity contribution in [1.29, 1.82) is 0 Å². The van der Waals surface area contributed by atoms with Crippen molar-refractivity contribution in [1.82, 2.24) is 4.90 Å². The fraction of sp³-hybridized carbons (Fsp3) is 1.00. The average Bonchev–Trinajstić information content (AvgIpc) is 2.22. The Balaban J connectivity index is 1.64. The topological polar surface area (TPSA) is 3.24 Å². The summed E-state index contributed by atoms with van der Waals surface area (Å²) in [7, 11) is 2.28. The average molecular weight is 207 g/mol. The molecule has 2 saturated carbocycles. The summed E-state index contributed by atoms with van der Waals surface area (Å²) in [6, 6.07) is 0. The van der Waals surface area contributed by atoms with Crippen LogP contribution in [-0.2, 0) is 0 Å². The van der Waals surface area contributed by atoms with E-state index in [1.807, 2.05) is 0 Å². The van der Waals surface area contributed by atoms with Gasteiger partial charge in [-0.2, -0.15) is 0 Å². The van der Waals surface area contributed by atoms with Crippen molar-refractivity contribution in [3.63, 3.8) is 0 Å². The lowest BCUT2D eigenvalue weighted by molar-refractivity contribution is -0.0481. The van der Waals surface area contributed by atoms with Crippen molar-refractivity contribution >= 4 is 0 Å². The first-order valence-electron chi connectivity index (χ1n) is 6.87. The van der Waals surface area contributed by atoms with Gasteiger partial charge < -0.3 is 4.90 Å². The molecule has 0 amide bonds. The Kier molecular flexibility index (Phi) is 2.35. The maximum absolute atomic E-state index is 2.51. The SMILES string of the molecule is CC1CC2CC3(CC[C@H]12)CCN(C)CC3. The van der Waals surface area contributed by atoms with Crippen LogP contribution in [-0.4, -0.2) is 25.0 Å². The number of rotatable bonds is 0. The normalized spacial score (nSPS) is 44.8. The van der Waals surface area contributed by atoms with Gasteiger partial charge in [0.15, 0.2) is 0 Å². The maximum atomic E-state index is 2.51. The first-order valence-corrected chi connectivity index (χ1v) is 6.87. The molecule has 0 aromatic heterocycles. The minimum Gasteiger partial charge on any atom is -0.306 e. The first-order chi connectivity index (χ1) is 7.19. The van der Waals surface area contributed by atoms with Crippen molar-refractivity contribution in [3.8, 4) is 0 Å². The van der Waals surface area contributed by atoms with E-state index < -0.39 is 0 Å². The quantitative estimate of drug-likeness (QED) is 0.590. The summed E-state index contributed by atoms with van der Waals surface area (Å²) in [5.41, 5.74) is 0.786. The molecule has 3 fully saturated rings. The zero-order chi connectivity index (χ0) is 10.5. The van der Waals surface area contributed by atoms with Crippen LogP contribution in [0.4, 0.5) is 0 Å². The largest absolute Gasteiger partial charge is 0.306 e. The lowest BCUT2D eigenvalue weighted by Crippen LogP contribution is -2.48. The molecule has 1 saturated heterocycles. The molecule has 86 valence electrons. The molecule has 1 heteroatoms. The summed E-state index contributed by atoms with van der Waals surface area (Å²) in [5, 5.41) is 0. The molecular formula is C14H25N. The molecule has 3 aliphatic rings. The van der Waals surface area contributed by atoms with Crippen LogP contribution in [0.15, 0.2) is 0 Å². The standard InChI is InChI=1S/C14H25N/c1-11-9-12-10-14(4-3-13(11)12)5-7-15(2)8-6-14/h11-13H,3-10H2,1-2H3/t11?,12?,13-/m1/s1. The van der Waals surface area contributed by atoms with E-state index >= 15 is 0 Å². The van der Waals surface area contributed by atoms with Gasteiger partial charge in [0.05, 0.1) is 0 Å². The van der Waals surface area contributed by atoms with Crippen LogP contribution in [0.25, 0.3) is 0 Å². The highest BCUT2D eigenvalue weighted by atomic mass is 15.1. The van der Waals surface area contributed by atoms with Crippen molar-refractivity contribution in [2.24, 2.45) is 23.2 Å². The number of piperidine rings is 1. The molecular weight excluding hydrogens is 182 g/mol. The van der Waals surface area contributed by atoms with Gasteiger partial charge in [-0.1, -0.05) is 6.92 Å². The molecule has 1 spiro atoms. The van der Waals surface area contributed by atoms with Gasteiger partial charge >= 0.3 is 0 Å². The predicted molar refractivity (Wildman–Crippen MR) is 63.8 cm³/mol. The van der Waals surface area contributed by atoms with Crippen molar-refractivity contribution < 1.29 is 0 Å². The van der Waals surface area contributed by atoms with Crippen molar-refractivity contribution in [2.75, 3.05) is 20.1 Å². The Hall–Kier alpha value is -0.0400. The van der Waals surface area contributed by atoms with Gasteiger partial charge in [-0.15, -0.1) is 0 Å². The van der Waals surface area contributed by atoms with Crippen LogP contribution in [0.1, 0.15) is 45.4 Å². The second-order valence-corrected chi connectivity index (χ2v) is 6.68. The van der Waals surface area contributed by atoms with Gasteiger partial charge in [0, 0.05) is 0 Å². The molecule has 1 nitrogen and oxygen atoms in total. The molecule has 0 radical (unpaired) electrons. The molecule has 3 rings (SSSR count). The zero-order valence-electron chi connectivity index (χ0n) is 10.3. The molecule has 1 aliphatic heterocycles. The van der Waals surface area contributed by atoms with Crippen LogP contribution in [0.3, 0.4) is 0 Å². The lowest BCUT2D eigenvalue weighted by Gasteiger charge is -2.55. The van der Waals surface area contributed by atoms with Crippen molar-refractivity contribution in [2.45, 2.75) is 45.4 Å². The summed E-state index contributed by atoms with van der Waals surface area (Å²) in [6.07, 6.45) is 9.20. The first kappa shape index (κ1) is 10.1. The van der Waals surface area contributed by atoms with Crippen molar-refractivity contribution in [3.05, 3.63) is 0 Å². The van der Waals surface area contributed by atoms with E-state index in [9.17, 15) is 0 Å². The molecule has 0 N–H and O–H groups in total. The summed E-state index contributed by atoms with van der Waals surface area (Å²) < 4.78 is 0. The van der Waals surface area contributed by atoms with E-state index in [1.54, 1.807) is 25.7 Å². The molecule has 15 heavy (non-hydrogen) atoms. The minimum absolute atomic E-state index is 0.786. The Bertz CT molecular complexity index is 240. The third-order valence-electron chi connectivity index (χ3n) is 5.76. The Morgan fingerprint density at radius 1 is 1.13 bits per heavy atom. The highest BCUT2D eigenvalue weighted by Gasteiger charge is 2.48. The Morgan fingerprint density at radius 3 is 2.47 bits per heavy atom. The van der Waals surface area contributed by atoms with Gasteiger partial charge in [0.2, 0.25) is 0 Å². The number of fused-ring (bicyclic) bond motifs is 1. The molecule has 1 heterocycles. The van der Waals surface area contributed by atoms with E-state index in [2.05, 4.69) is 18.9 Å². The van der Waals surface area contributed by atoms with Crippen LogP contribution in [0.2, 0.25) is 0 Å². The molecule has 3 atom stereocenters. The van der Waals surface area contributed by atoms with E-state index in [4.69, 9.17) is 0 Å². The smallest absolute Gasteiger partial charge is 0.00165 e. The van der Waals surface area contributed by atoms with E-state index in [1.165, 1.54) is 25.9 Å². The molecule has 2 aliphatic carbocycles. The number of hydrogen-bond donors (Lipinski definition) is 0. The highest BCUT2D eigenvalue weighted by molar-refractivity contribution is 4.99. The summed E-state index contributed by atoms with van der Waals surface area (Å²) in [5.74, 6) is 3.30. The second kappa shape index (κ2) is 3.48. The fourth-order valence-electron chi connectivity index (χ4n) is 4.53. The van der Waals surface area contributed by atoms with E-state index in [0.29, 0.717) is 0 Å². The van der Waals surface area contributed by atoms with Gasteiger partial charge in [-0.3, -0.25) is 0 Å². The summed E-state index contributed by atoms with van der Waals surface area (Å²) in [6.45, 7) is 5.17. The van der Waals surface area contributed by atoms with Crippen LogP contribution in [0, 0.1) is 23.2 Å². The van der Waals surface area contributed by atoms with E-state index in [-0.39, 0.29) is 0 Å². The number of likely N-dealkylation sites (tertiary alicyclic amines) is 1. The lowest BCUT2D eigenvalue weighted by atomic mass is 9.51. The van der Waals surface area contributed by atoms with E-state index in [0.717, 1.165) is 23.2 Å². The molecule has 0 bridgehead atoms. The zero-order valence-corrected chi connectivity index (χ0v) is 10.3. The van der Waals surface area contributed by atoms with Crippen LogP contribution in [0.5, 0.6) is 0 Å². The third kappa shape index (κ3) is 1.63.